The molecule has 0 saturated carbocycles. The molecule has 8 heteroatoms. The summed E-state index contributed by atoms with van der Waals surface area (Å²) in [6, 6.07) is 16.3. The number of anilines is 1. The van der Waals surface area contributed by atoms with Crippen LogP contribution in [0.4, 0.5) is 10.5 Å². The fourth-order valence-electron chi connectivity index (χ4n) is 3.53. The van der Waals surface area contributed by atoms with Gasteiger partial charge in [0.2, 0.25) is 5.91 Å². The smallest absolute Gasteiger partial charge is 0.294 e. The number of aryl methyl sites for hydroxylation is 1. The Hall–Kier alpha value is -3.62. The summed E-state index contributed by atoms with van der Waals surface area (Å²) in [6.45, 7) is 3.36. The molecule has 3 aromatic rings. The second-order valence-electron chi connectivity index (χ2n) is 7.64. The number of carbonyl (C=O) groups excluding carboxylic acids is 3. The predicted octanol–water partition coefficient (Wildman–Crippen LogP) is 4.73. The van der Waals surface area contributed by atoms with Crippen molar-refractivity contribution in [3.05, 3.63) is 82.0 Å². The molecule has 33 heavy (non-hydrogen) atoms. The van der Waals surface area contributed by atoms with Crippen molar-refractivity contribution in [1.82, 2.24) is 4.90 Å². The fraction of sp³-hybridized carbons (Fsp3) is 0.160. The highest BCUT2D eigenvalue weighted by atomic mass is 32.2. The lowest BCUT2D eigenvalue weighted by Gasteiger charge is -2.12. The maximum absolute atomic E-state index is 12.7. The number of furan rings is 1. The summed E-state index contributed by atoms with van der Waals surface area (Å²) in [4.78, 5) is 38.6. The van der Waals surface area contributed by atoms with Gasteiger partial charge in [-0.25, -0.2) is 0 Å². The number of rotatable bonds is 6. The van der Waals surface area contributed by atoms with Crippen molar-refractivity contribution in [3.63, 3.8) is 0 Å². The third-order valence-electron chi connectivity index (χ3n) is 5.26. The lowest BCUT2D eigenvalue weighted by atomic mass is 10.0. The van der Waals surface area contributed by atoms with Crippen LogP contribution >= 0.6 is 11.8 Å². The number of hydrogen-bond donors (Lipinski definition) is 2. The lowest BCUT2D eigenvalue weighted by Crippen LogP contribution is -2.36. The number of imide groups is 1. The molecular formula is C25H22N2O5S. The molecule has 0 radical (unpaired) electrons. The first kappa shape index (κ1) is 22.6. The largest absolute Gasteiger partial charge is 0.457 e. The average molecular weight is 463 g/mol. The first-order valence-electron chi connectivity index (χ1n) is 10.3. The van der Waals surface area contributed by atoms with Crippen LogP contribution in [0.1, 0.15) is 22.5 Å². The predicted molar refractivity (Wildman–Crippen MR) is 127 cm³/mol. The summed E-state index contributed by atoms with van der Waals surface area (Å²) >= 11 is 0.767. The minimum atomic E-state index is -0.541. The molecule has 0 spiro atoms. The first-order chi connectivity index (χ1) is 15.9. The zero-order chi connectivity index (χ0) is 23.5. The fourth-order valence-corrected chi connectivity index (χ4v) is 4.35. The van der Waals surface area contributed by atoms with Crippen molar-refractivity contribution in [2.24, 2.45) is 0 Å². The molecule has 1 aliphatic rings. The van der Waals surface area contributed by atoms with Gasteiger partial charge < -0.3 is 14.8 Å². The van der Waals surface area contributed by atoms with E-state index < -0.39 is 17.1 Å². The molecule has 2 heterocycles. The van der Waals surface area contributed by atoms with Crippen molar-refractivity contribution in [1.29, 1.82) is 0 Å². The Morgan fingerprint density at radius 1 is 1.12 bits per heavy atom. The van der Waals surface area contributed by atoms with Gasteiger partial charge in [-0.3, -0.25) is 19.3 Å². The van der Waals surface area contributed by atoms with Gasteiger partial charge >= 0.3 is 0 Å². The van der Waals surface area contributed by atoms with Crippen LogP contribution in [0.5, 0.6) is 0 Å². The van der Waals surface area contributed by atoms with Gasteiger partial charge in [-0.15, -0.1) is 0 Å². The summed E-state index contributed by atoms with van der Waals surface area (Å²) < 4.78 is 5.87. The molecule has 0 aliphatic carbocycles. The number of nitrogens with zero attached hydrogens (tertiary/aromatic N) is 1. The summed E-state index contributed by atoms with van der Waals surface area (Å²) in [6.07, 6.45) is 1.50. The molecule has 2 N–H and O–H groups in total. The van der Waals surface area contributed by atoms with Crippen LogP contribution in [0, 0.1) is 13.8 Å². The molecule has 0 bridgehead atoms. The third-order valence-corrected chi connectivity index (χ3v) is 6.17. The van der Waals surface area contributed by atoms with Crippen molar-refractivity contribution in [3.8, 4) is 11.3 Å². The lowest BCUT2D eigenvalue weighted by molar-refractivity contribution is -0.127. The maximum atomic E-state index is 12.7. The maximum Gasteiger partial charge on any atom is 0.294 e. The molecule has 1 saturated heterocycles. The zero-order valence-corrected chi connectivity index (χ0v) is 18.9. The van der Waals surface area contributed by atoms with E-state index in [-0.39, 0.29) is 18.1 Å². The van der Waals surface area contributed by atoms with Crippen LogP contribution in [-0.2, 0) is 16.2 Å². The number of benzene rings is 2. The van der Waals surface area contributed by atoms with E-state index in [0.29, 0.717) is 17.2 Å². The molecular weight excluding hydrogens is 440 g/mol. The van der Waals surface area contributed by atoms with Crippen LogP contribution in [0.25, 0.3) is 17.4 Å². The first-order valence-corrected chi connectivity index (χ1v) is 11.1. The number of thioether (sulfide) groups is 1. The minimum Gasteiger partial charge on any atom is -0.457 e. The molecule has 1 aromatic heterocycles. The molecule has 168 valence electrons. The summed E-state index contributed by atoms with van der Waals surface area (Å²) in [5, 5.41) is 11.7. The van der Waals surface area contributed by atoms with E-state index in [1.165, 1.54) is 6.08 Å². The van der Waals surface area contributed by atoms with Gasteiger partial charge in [0.05, 0.1) is 11.5 Å². The van der Waals surface area contributed by atoms with E-state index in [4.69, 9.17) is 4.42 Å². The van der Waals surface area contributed by atoms with Crippen LogP contribution in [0.15, 0.2) is 63.9 Å². The monoisotopic (exact) mass is 462 g/mol. The number of amides is 3. The van der Waals surface area contributed by atoms with Gasteiger partial charge in [0.25, 0.3) is 11.1 Å². The van der Waals surface area contributed by atoms with E-state index in [9.17, 15) is 19.5 Å². The van der Waals surface area contributed by atoms with Crippen LogP contribution < -0.4 is 5.32 Å². The Morgan fingerprint density at radius 3 is 2.67 bits per heavy atom. The van der Waals surface area contributed by atoms with Crippen molar-refractivity contribution in [2.45, 2.75) is 20.5 Å². The highest BCUT2D eigenvalue weighted by Crippen LogP contribution is 2.34. The van der Waals surface area contributed by atoms with Crippen LogP contribution in [0.2, 0.25) is 0 Å². The number of hydrogen-bond acceptors (Lipinski definition) is 6. The minimum absolute atomic E-state index is 0.0716. The Morgan fingerprint density at radius 2 is 1.91 bits per heavy atom. The molecule has 3 amide bonds. The van der Waals surface area contributed by atoms with E-state index in [1.54, 1.807) is 24.3 Å². The van der Waals surface area contributed by atoms with Gasteiger partial charge in [-0.05, 0) is 66.6 Å². The van der Waals surface area contributed by atoms with Crippen LogP contribution in [0.3, 0.4) is 0 Å². The van der Waals surface area contributed by atoms with Gasteiger partial charge in [0, 0.05) is 17.3 Å². The summed E-state index contributed by atoms with van der Waals surface area (Å²) in [5.74, 6) is 0.00352. The quantitative estimate of drug-likeness (QED) is 0.514. The second-order valence-corrected chi connectivity index (χ2v) is 8.63. The van der Waals surface area contributed by atoms with Crippen LogP contribution in [-0.4, -0.2) is 33.6 Å². The topological polar surface area (TPSA) is 99.8 Å². The van der Waals surface area contributed by atoms with Gasteiger partial charge in [-0.2, -0.15) is 0 Å². The van der Waals surface area contributed by atoms with E-state index in [1.807, 2.05) is 44.2 Å². The summed E-state index contributed by atoms with van der Waals surface area (Å²) in [7, 11) is 0. The molecule has 0 unspecified atom stereocenters. The number of aliphatic hydroxyl groups is 1. The van der Waals surface area contributed by atoms with E-state index >= 15 is 0 Å². The molecule has 0 atom stereocenters. The van der Waals surface area contributed by atoms with E-state index in [2.05, 4.69) is 5.32 Å². The van der Waals surface area contributed by atoms with Gasteiger partial charge in [0.15, 0.2) is 0 Å². The molecule has 2 aromatic carbocycles. The SMILES string of the molecule is Cc1cccc(NC(=O)CN2C(=O)SC(=Cc3ccc(-c4cccc(CO)c4C)o3)C2=O)c1. The van der Waals surface area contributed by atoms with E-state index in [0.717, 1.165) is 38.9 Å². The third kappa shape index (κ3) is 4.92. The van der Waals surface area contributed by atoms with Crippen molar-refractivity contribution < 1.29 is 23.9 Å². The number of carbonyl (C=O) groups is 3. The second kappa shape index (κ2) is 9.48. The average Bonchev–Trinajstić information content (AvgIpc) is 3.34. The Labute approximate surface area is 195 Å². The van der Waals surface area contributed by atoms with Crippen molar-refractivity contribution >= 4 is 40.6 Å². The molecule has 4 rings (SSSR count). The Bertz CT molecular complexity index is 1280. The Balaban J connectivity index is 1.48. The molecule has 7 nitrogen and oxygen atoms in total. The number of nitrogens with one attached hydrogen (secondary N) is 1. The molecule has 1 aliphatic heterocycles. The highest BCUT2D eigenvalue weighted by molar-refractivity contribution is 8.18. The number of aliphatic hydroxyl groups excluding tert-OH is 1. The molecule has 1 fully saturated rings. The van der Waals surface area contributed by atoms with Gasteiger partial charge in [0.1, 0.15) is 18.1 Å². The standard InChI is InChI=1S/C25H22N2O5S/c1-15-5-3-7-18(11-15)26-23(29)13-27-24(30)22(33-25(27)31)12-19-9-10-21(32-19)20-8-4-6-17(14-28)16(20)2/h3-12,28H,13-14H2,1-2H3,(H,26,29). The Kier molecular flexibility index (Phi) is 6.48. The summed E-state index contributed by atoms with van der Waals surface area (Å²) in [5.41, 5.74) is 4.13. The highest BCUT2D eigenvalue weighted by Gasteiger charge is 2.36. The van der Waals surface area contributed by atoms with Crippen molar-refractivity contribution in [2.75, 3.05) is 11.9 Å². The zero-order valence-electron chi connectivity index (χ0n) is 18.1. The van der Waals surface area contributed by atoms with Gasteiger partial charge in [-0.1, -0.05) is 30.3 Å². The normalized spacial score (nSPS) is 14.9.